The molecule has 1 N–H and O–H groups in total. The van der Waals surface area contributed by atoms with Crippen molar-refractivity contribution >= 4 is 11.5 Å². The van der Waals surface area contributed by atoms with Crippen LogP contribution in [0.4, 0.5) is 0 Å². The van der Waals surface area contributed by atoms with Crippen molar-refractivity contribution in [3.63, 3.8) is 0 Å². The molecule has 3 nitrogen and oxygen atoms in total. The molecule has 0 bridgehead atoms. The molecule has 5 rings (SSSR count). The Balaban J connectivity index is 1.45. The third kappa shape index (κ3) is 2.47. The highest BCUT2D eigenvalue weighted by molar-refractivity contribution is 5.72. The maximum absolute atomic E-state index is 11.5. The van der Waals surface area contributed by atoms with Crippen molar-refractivity contribution in [1.29, 1.82) is 0 Å². The first-order valence-electron chi connectivity index (χ1n) is 11.0. The standard InChI is InChI=1S/C25H31NO2/c1-24-11-9-16(23(27)28)14-18(24)5-6-19-21-8-7-20(17-4-3-13-26-15-17)25(21,2)12-10-22(19)24/h3-5,7,13,15-16,19,21-22H,6,8-12,14H2,1-2H3,(H,27,28)/t16-,19?,21?,22?,24-,25+/m0/s1. The number of carboxylic acids is 1. The molecular formula is C25H31NO2. The van der Waals surface area contributed by atoms with Gasteiger partial charge in [-0.1, -0.05) is 37.6 Å². The Labute approximate surface area is 168 Å². The average molecular weight is 378 g/mol. The SMILES string of the molecule is C[C@]12CC[C@H](C(=O)O)CC1=CCC1C2CC[C@]2(C)C(c3cccnc3)=CCC12. The Morgan fingerprint density at radius 3 is 2.68 bits per heavy atom. The highest BCUT2D eigenvalue weighted by Gasteiger charge is 2.57. The Bertz CT molecular complexity index is 857. The number of aliphatic carboxylic acids is 1. The molecule has 3 unspecified atom stereocenters. The van der Waals surface area contributed by atoms with Crippen molar-refractivity contribution in [2.75, 3.05) is 0 Å². The van der Waals surface area contributed by atoms with Crippen LogP contribution in [0.5, 0.6) is 0 Å². The summed E-state index contributed by atoms with van der Waals surface area (Å²) in [5.41, 5.74) is 4.73. The van der Waals surface area contributed by atoms with E-state index in [1.807, 2.05) is 12.4 Å². The van der Waals surface area contributed by atoms with Crippen LogP contribution in [-0.2, 0) is 4.79 Å². The van der Waals surface area contributed by atoms with Gasteiger partial charge in [0.1, 0.15) is 0 Å². The molecule has 4 aliphatic rings. The summed E-state index contributed by atoms with van der Waals surface area (Å²) >= 11 is 0. The zero-order valence-electron chi connectivity index (χ0n) is 17.0. The van der Waals surface area contributed by atoms with Gasteiger partial charge in [0.25, 0.3) is 0 Å². The van der Waals surface area contributed by atoms with Gasteiger partial charge in [-0.05, 0) is 90.7 Å². The first-order chi connectivity index (χ1) is 13.4. The van der Waals surface area contributed by atoms with Crippen LogP contribution >= 0.6 is 0 Å². The van der Waals surface area contributed by atoms with E-state index in [1.54, 1.807) is 0 Å². The third-order valence-electron chi connectivity index (χ3n) is 9.01. The average Bonchev–Trinajstić information content (AvgIpc) is 3.05. The van der Waals surface area contributed by atoms with Gasteiger partial charge in [0, 0.05) is 12.4 Å². The molecular weight excluding hydrogens is 346 g/mol. The largest absolute Gasteiger partial charge is 0.481 e. The van der Waals surface area contributed by atoms with E-state index >= 15 is 0 Å². The predicted octanol–water partition coefficient (Wildman–Crippen LogP) is 5.74. The maximum atomic E-state index is 11.5. The number of aromatic nitrogens is 1. The van der Waals surface area contributed by atoms with Gasteiger partial charge in [0.15, 0.2) is 0 Å². The number of fused-ring (bicyclic) bond motifs is 5. The van der Waals surface area contributed by atoms with E-state index in [-0.39, 0.29) is 16.7 Å². The topological polar surface area (TPSA) is 50.2 Å². The summed E-state index contributed by atoms with van der Waals surface area (Å²) in [6.45, 7) is 4.93. The molecule has 0 spiro atoms. The lowest BCUT2D eigenvalue weighted by atomic mass is 9.47. The minimum atomic E-state index is -0.609. The lowest BCUT2D eigenvalue weighted by Crippen LogP contribution is -2.49. The smallest absolute Gasteiger partial charge is 0.306 e. The molecule has 1 heterocycles. The highest BCUT2D eigenvalue weighted by atomic mass is 16.4. The Kier molecular flexibility index (Phi) is 4.08. The maximum Gasteiger partial charge on any atom is 0.306 e. The lowest BCUT2D eigenvalue weighted by molar-refractivity contribution is -0.143. The molecule has 148 valence electrons. The molecule has 0 aliphatic heterocycles. The normalized spacial score (nSPS) is 41.9. The van der Waals surface area contributed by atoms with Crippen molar-refractivity contribution < 1.29 is 9.90 Å². The Morgan fingerprint density at radius 2 is 1.93 bits per heavy atom. The molecule has 0 amide bonds. The molecule has 28 heavy (non-hydrogen) atoms. The summed E-state index contributed by atoms with van der Waals surface area (Å²) in [6.07, 6.45) is 16.3. The van der Waals surface area contributed by atoms with Crippen LogP contribution in [0.1, 0.15) is 64.4 Å². The fourth-order valence-electron chi connectivity index (χ4n) is 7.41. The highest BCUT2D eigenvalue weighted by Crippen LogP contribution is 2.66. The van der Waals surface area contributed by atoms with Gasteiger partial charge < -0.3 is 5.11 Å². The fraction of sp³-hybridized carbons (Fsp3) is 0.600. The van der Waals surface area contributed by atoms with Crippen LogP contribution in [-0.4, -0.2) is 16.1 Å². The van der Waals surface area contributed by atoms with E-state index in [1.165, 1.54) is 36.0 Å². The van der Waals surface area contributed by atoms with Crippen LogP contribution in [0.2, 0.25) is 0 Å². The molecule has 1 aromatic heterocycles. The Hall–Kier alpha value is -1.90. The van der Waals surface area contributed by atoms with Crippen LogP contribution in [0.25, 0.3) is 5.57 Å². The van der Waals surface area contributed by atoms with Crippen LogP contribution in [0.3, 0.4) is 0 Å². The fourth-order valence-corrected chi connectivity index (χ4v) is 7.41. The second-order valence-electron chi connectivity index (χ2n) is 10.1. The minimum absolute atomic E-state index is 0.171. The summed E-state index contributed by atoms with van der Waals surface area (Å²) in [5.74, 6) is 1.35. The number of hydrogen-bond donors (Lipinski definition) is 1. The number of allylic oxidation sites excluding steroid dienone is 4. The summed E-state index contributed by atoms with van der Waals surface area (Å²) < 4.78 is 0. The van der Waals surface area contributed by atoms with Crippen molar-refractivity contribution in [3.8, 4) is 0 Å². The molecule has 3 heteroatoms. The summed E-state index contributed by atoms with van der Waals surface area (Å²) in [4.78, 5) is 15.9. The van der Waals surface area contributed by atoms with E-state index < -0.39 is 5.97 Å². The molecule has 4 aliphatic carbocycles. The number of carboxylic acid groups (broad SMARTS) is 1. The van der Waals surface area contributed by atoms with Crippen LogP contribution < -0.4 is 0 Å². The molecule has 6 atom stereocenters. The number of nitrogens with zero attached hydrogens (tertiary/aromatic N) is 1. The number of carbonyl (C=O) groups is 1. The third-order valence-corrected chi connectivity index (χ3v) is 9.01. The molecule has 0 radical (unpaired) electrons. The van der Waals surface area contributed by atoms with Crippen molar-refractivity contribution in [2.45, 2.75) is 58.8 Å². The first-order valence-corrected chi connectivity index (χ1v) is 11.0. The summed E-state index contributed by atoms with van der Waals surface area (Å²) in [6, 6.07) is 4.27. The van der Waals surface area contributed by atoms with Gasteiger partial charge in [-0.2, -0.15) is 0 Å². The van der Waals surface area contributed by atoms with Gasteiger partial charge in [-0.3, -0.25) is 9.78 Å². The van der Waals surface area contributed by atoms with E-state index in [9.17, 15) is 9.90 Å². The van der Waals surface area contributed by atoms with Gasteiger partial charge in [-0.25, -0.2) is 0 Å². The van der Waals surface area contributed by atoms with E-state index in [2.05, 4.69) is 43.1 Å². The van der Waals surface area contributed by atoms with Crippen molar-refractivity contribution in [3.05, 3.63) is 47.8 Å². The van der Waals surface area contributed by atoms with E-state index in [0.29, 0.717) is 11.8 Å². The molecule has 2 saturated carbocycles. The van der Waals surface area contributed by atoms with E-state index in [0.717, 1.165) is 31.6 Å². The lowest BCUT2D eigenvalue weighted by Gasteiger charge is -2.57. The van der Waals surface area contributed by atoms with Gasteiger partial charge in [0.2, 0.25) is 0 Å². The zero-order chi connectivity index (χ0) is 19.5. The Morgan fingerprint density at radius 1 is 1.11 bits per heavy atom. The minimum Gasteiger partial charge on any atom is -0.481 e. The molecule has 0 aromatic carbocycles. The number of rotatable bonds is 2. The van der Waals surface area contributed by atoms with Gasteiger partial charge >= 0.3 is 5.97 Å². The molecule has 2 fully saturated rings. The van der Waals surface area contributed by atoms with Crippen LogP contribution in [0.15, 0.2) is 42.3 Å². The molecule has 1 aromatic rings. The zero-order valence-corrected chi connectivity index (χ0v) is 17.0. The van der Waals surface area contributed by atoms with Crippen LogP contribution in [0, 0.1) is 34.5 Å². The van der Waals surface area contributed by atoms with Gasteiger partial charge in [0.05, 0.1) is 5.92 Å². The monoisotopic (exact) mass is 377 g/mol. The predicted molar refractivity (Wildman–Crippen MR) is 110 cm³/mol. The van der Waals surface area contributed by atoms with Crippen molar-refractivity contribution in [2.24, 2.45) is 34.5 Å². The molecule has 0 saturated heterocycles. The van der Waals surface area contributed by atoms with Gasteiger partial charge in [-0.15, -0.1) is 0 Å². The van der Waals surface area contributed by atoms with Crippen molar-refractivity contribution in [1.82, 2.24) is 4.98 Å². The second kappa shape index (κ2) is 6.30. The van der Waals surface area contributed by atoms with E-state index in [4.69, 9.17) is 0 Å². The summed E-state index contributed by atoms with van der Waals surface area (Å²) in [5, 5.41) is 9.50. The first kappa shape index (κ1) is 18.1. The number of hydrogen-bond acceptors (Lipinski definition) is 2. The quantitative estimate of drug-likeness (QED) is 0.669. The number of pyridine rings is 1. The summed E-state index contributed by atoms with van der Waals surface area (Å²) in [7, 11) is 0. The second-order valence-corrected chi connectivity index (χ2v) is 10.1.